The maximum Gasteiger partial charge on any atom is 0.367 e. The quantitative estimate of drug-likeness (QED) is 0.648. The molecule has 1 N–H and O–H groups in total. The number of nitrogens with one attached hydrogen (secondary N) is 1. The molecule has 2 rings (SSSR count). The van der Waals surface area contributed by atoms with Crippen molar-refractivity contribution in [3.05, 3.63) is 27.7 Å². The smallest absolute Gasteiger partial charge is 0.367 e. The number of thiazole rings is 1. The number of hydrogen-bond acceptors (Lipinski definition) is 5. The van der Waals surface area contributed by atoms with Crippen molar-refractivity contribution in [2.45, 2.75) is 54.0 Å². The third-order valence-corrected chi connectivity index (χ3v) is 5.06. The second-order valence-electron chi connectivity index (χ2n) is 6.90. The highest BCUT2D eigenvalue weighted by atomic mass is 32.1. The van der Waals surface area contributed by atoms with Crippen LogP contribution in [0.4, 0.5) is 0 Å². The van der Waals surface area contributed by atoms with E-state index in [0.717, 1.165) is 30.8 Å². The predicted molar refractivity (Wildman–Crippen MR) is 108 cm³/mol. The van der Waals surface area contributed by atoms with Gasteiger partial charge in [0.25, 0.3) is 5.91 Å². The Morgan fingerprint density at radius 2 is 2.07 bits per heavy atom. The first-order valence-electron chi connectivity index (χ1n) is 9.50. The van der Waals surface area contributed by atoms with Crippen LogP contribution in [0.25, 0.3) is 11.4 Å². The molecule has 0 saturated heterocycles. The largest absolute Gasteiger partial charge is 0.461 e. The van der Waals surface area contributed by atoms with Crippen LogP contribution in [0.1, 0.15) is 66.4 Å². The van der Waals surface area contributed by atoms with Crippen LogP contribution < -0.4 is 5.32 Å². The molecule has 0 aliphatic carbocycles. The van der Waals surface area contributed by atoms with Crippen molar-refractivity contribution in [1.82, 2.24) is 14.9 Å². The van der Waals surface area contributed by atoms with Crippen LogP contribution >= 0.6 is 11.3 Å². The third kappa shape index (κ3) is 5.19. The van der Waals surface area contributed by atoms with Gasteiger partial charge in [0, 0.05) is 24.2 Å². The Morgan fingerprint density at radius 1 is 1.33 bits per heavy atom. The summed E-state index contributed by atoms with van der Waals surface area (Å²) in [5, 5.41) is 5.16. The van der Waals surface area contributed by atoms with Crippen molar-refractivity contribution >= 4 is 23.2 Å². The van der Waals surface area contributed by atoms with E-state index in [2.05, 4.69) is 35.6 Å². The minimum Gasteiger partial charge on any atom is -0.461 e. The number of carbonyl (C=O) groups excluding carboxylic acids is 2. The molecule has 148 valence electrons. The molecule has 0 unspecified atom stereocenters. The normalized spacial score (nSPS) is 11.0. The van der Waals surface area contributed by atoms with Gasteiger partial charge in [-0.3, -0.25) is 4.79 Å². The SMILES string of the molecule is CCCCn1c(-c2csc(C(=O)OCC)n2)cc(C(=O)NCC(C)C)c1C. The van der Waals surface area contributed by atoms with E-state index < -0.39 is 5.97 Å². The van der Waals surface area contributed by atoms with Gasteiger partial charge in [0.2, 0.25) is 5.01 Å². The summed E-state index contributed by atoms with van der Waals surface area (Å²) in [6, 6.07) is 1.88. The Labute approximate surface area is 164 Å². The van der Waals surface area contributed by atoms with E-state index in [4.69, 9.17) is 4.74 Å². The molecule has 0 atom stereocenters. The summed E-state index contributed by atoms with van der Waals surface area (Å²) in [7, 11) is 0. The van der Waals surface area contributed by atoms with Gasteiger partial charge in [-0.25, -0.2) is 9.78 Å². The van der Waals surface area contributed by atoms with E-state index in [0.29, 0.717) is 35.3 Å². The fraction of sp³-hybridized carbons (Fsp3) is 0.550. The third-order valence-electron chi connectivity index (χ3n) is 4.23. The molecule has 7 heteroatoms. The summed E-state index contributed by atoms with van der Waals surface area (Å²) in [5.41, 5.74) is 3.14. The minimum atomic E-state index is -0.410. The van der Waals surface area contributed by atoms with E-state index in [9.17, 15) is 9.59 Å². The summed E-state index contributed by atoms with van der Waals surface area (Å²) >= 11 is 1.26. The van der Waals surface area contributed by atoms with Crippen LogP contribution in [0.15, 0.2) is 11.4 Å². The Balaban J connectivity index is 2.38. The average molecular weight is 392 g/mol. The predicted octanol–water partition coefficient (Wildman–Crippen LogP) is 4.28. The molecule has 2 heterocycles. The van der Waals surface area contributed by atoms with Crippen molar-refractivity contribution in [2.24, 2.45) is 5.92 Å². The summed E-state index contributed by atoms with van der Waals surface area (Å²) in [6.45, 7) is 11.8. The Kier molecular flexibility index (Phi) is 7.59. The zero-order valence-corrected chi connectivity index (χ0v) is 17.6. The lowest BCUT2D eigenvalue weighted by Crippen LogP contribution is -2.27. The Morgan fingerprint density at radius 3 is 2.70 bits per heavy atom. The lowest BCUT2D eigenvalue weighted by atomic mass is 10.2. The molecule has 27 heavy (non-hydrogen) atoms. The van der Waals surface area contributed by atoms with Gasteiger partial charge in [0.1, 0.15) is 0 Å². The van der Waals surface area contributed by atoms with Crippen molar-refractivity contribution < 1.29 is 14.3 Å². The van der Waals surface area contributed by atoms with Gasteiger partial charge >= 0.3 is 5.97 Å². The lowest BCUT2D eigenvalue weighted by molar-refractivity contribution is 0.0526. The van der Waals surface area contributed by atoms with Crippen molar-refractivity contribution in [3.63, 3.8) is 0 Å². The van der Waals surface area contributed by atoms with Gasteiger partial charge < -0.3 is 14.6 Å². The van der Waals surface area contributed by atoms with Gasteiger partial charge in [0.15, 0.2) is 0 Å². The van der Waals surface area contributed by atoms with Gasteiger partial charge in [0.05, 0.1) is 23.6 Å². The van der Waals surface area contributed by atoms with Crippen LogP contribution in [0.5, 0.6) is 0 Å². The molecule has 0 bridgehead atoms. The number of hydrogen-bond donors (Lipinski definition) is 1. The lowest BCUT2D eigenvalue weighted by Gasteiger charge is -2.11. The van der Waals surface area contributed by atoms with Gasteiger partial charge in [-0.1, -0.05) is 27.2 Å². The molecular weight excluding hydrogens is 362 g/mol. The topological polar surface area (TPSA) is 73.2 Å². The molecular formula is C20H29N3O3S. The fourth-order valence-electron chi connectivity index (χ4n) is 2.76. The maximum atomic E-state index is 12.6. The van der Waals surface area contributed by atoms with Gasteiger partial charge in [-0.2, -0.15) is 0 Å². The zero-order chi connectivity index (χ0) is 20.0. The molecule has 0 aliphatic heterocycles. The Bertz CT molecular complexity index is 792. The van der Waals surface area contributed by atoms with Crippen molar-refractivity contribution in [2.75, 3.05) is 13.2 Å². The molecule has 6 nitrogen and oxygen atoms in total. The van der Waals surface area contributed by atoms with Crippen LogP contribution in [0.2, 0.25) is 0 Å². The highest BCUT2D eigenvalue weighted by Crippen LogP contribution is 2.28. The summed E-state index contributed by atoms with van der Waals surface area (Å²) in [4.78, 5) is 29.0. The summed E-state index contributed by atoms with van der Waals surface area (Å²) in [5.74, 6) is -0.0906. The molecule has 0 spiro atoms. The molecule has 2 aromatic heterocycles. The standard InChI is InChI=1S/C20H29N3O3S/c1-6-8-9-23-14(5)15(18(24)21-11-13(3)4)10-17(23)16-12-27-19(22-16)20(25)26-7-2/h10,12-13H,6-9,11H2,1-5H3,(H,21,24). The van der Waals surface area contributed by atoms with Crippen LogP contribution in [-0.4, -0.2) is 34.6 Å². The molecule has 0 aromatic carbocycles. The first-order valence-corrected chi connectivity index (χ1v) is 10.4. The average Bonchev–Trinajstić information content (AvgIpc) is 3.23. The Hall–Kier alpha value is -2.15. The molecule has 0 aliphatic rings. The highest BCUT2D eigenvalue weighted by molar-refractivity contribution is 7.11. The van der Waals surface area contributed by atoms with E-state index >= 15 is 0 Å². The van der Waals surface area contributed by atoms with E-state index in [1.54, 1.807) is 6.92 Å². The number of aromatic nitrogens is 2. The number of esters is 1. The monoisotopic (exact) mass is 391 g/mol. The second-order valence-corrected chi connectivity index (χ2v) is 7.75. The number of carbonyl (C=O) groups is 2. The number of nitrogens with zero attached hydrogens (tertiary/aromatic N) is 2. The van der Waals surface area contributed by atoms with Crippen LogP contribution in [-0.2, 0) is 11.3 Å². The van der Waals surface area contributed by atoms with E-state index in [1.165, 1.54) is 11.3 Å². The maximum absolute atomic E-state index is 12.6. The molecule has 2 aromatic rings. The van der Waals surface area contributed by atoms with Crippen LogP contribution in [0.3, 0.4) is 0 Å². The minimum absolute atomic E-state index is 0.0708. The van der Waals surface area contributed by atoms with Crippen molar-refractivity contribution in [1.29, 1.82) is 0 Å². The first-order chi connectivity index (χ1) is 12.9. The number of rotatable bonds is 9. The van der Waals surface area contributed by atoms with Gasteiger partial charge in [-0.15, -0.1) is 11.3 Å². The van der Waals surface area contributed by atoms with E-state index in [-0.39, 0.29) is 5.91 Å². The van der Waals surface area contributed by atoms with E-state index in [1.807, 2.05) is 18.4 Å². The van der Waals surface area contributed by atoms with Crippen LogP contribution in [0, 0.1) is 12.8 Å². The summed E-state index contributed by atoms with van der Waals surface area (Å²) in [6.07, 6.45) is 2.06. The van der Waals surface area contributed by atoms with Crippen molar-refractivity contribution in [3.8, 4) is 11.4 Å². The highest BCUT2D eigenvalue weighted by Gasteiger charge is 2.21. The fourth-order valence-corrected chi connectivity index (χ4v) is 3.46. The molecule has 0 radical (unpaired) electrons. The summed E-state index contributed by atoms with van der Waals surface area (Å²) < 4.78 is 7.15. The molecule has 1 amide bonds. The second kappa shape index (κ2) is 9.69. The molecule has 0 saturated carbocycles. The number of amides is 1. The molecule has 0 fully saturated rings. The number of unbranched alkanes of at least 4 members (excludes halogenated alkanes) is 1. The first kappa shape index (κ1) is 21.2. The number of ether oxygens (including phenoxy) is 1. The zero-order valence-electron chi connectivity index (χ0n) is 16.8. The van der Waals surface area contributed by atoms with Gasteiger partial charge in [-0.05, 0) is 32.3 Å².